The SMILES string of the molecule is O=C(NC(=S)Nc1cccc(OC(F)(F)F)c1)c1ccc([N+](=O)[O-])c(F)c1. The third-order valence-corrected chi connectivity index (χ3v) is 3.16. The number of alkyl halides is 3. The molecule has 2 rings (SSSR count). The first-order valence-electron chi connectivity index (χ1n) is 6.97. The highest BCUT2D eigenvalue weighted by Crippen LogP contribution is 2.25. The number of benzene rings is 2. The van der Waals surface area contributed by atoms with Crippen LogP contribution in [0.5, 0.6) is 5.75 Å². The summed E-state index contributed by atoms with van der Waals surface area (Å²) in [4.78, 5) is 21.6. The average Bonchev–Trinajstić information content (AvgIpc) is 2.52. The molecule has 0 spiro atoms. The zero-order valence-electron chi connectivity index (χ0n) is 13.0. The van der Waals surface area contributed by atoms with Crippen molar-refractivity contribution in [3.8, 4) is 5.75 Å². The van der Waals surface area contributed by atoms with Gasteiger partial charge in [0, 0.05) is 23.4 Å². The van der Waals surface area contributed by atoms with Crippen LogP contribution < -0.4 is 15.4 Å². The van der Waals surface area contributed by atoms with Crippen molar-refractivity contribution < 1.29 is 32.0 Å². The Bertz CT molecular complexity index is 905. The molecule has 0 saturated carbocycles. The highest BCUT2D eigenvalue weighted by molar-refractivity contribution is 7.80. The number of nitro benzene ring substituents is 1. The van der Waals surface area contributed by atoms with E-state index in [9.17, 15) is 32.5 Å². The number of anilines is 1. The maximum Gasteiger partial charge on any atom is 0.573 e. The van der Waals surface area contributed by atoms with Gasteiger partial charge in [-0.2, -0.15) is 4.39 Å². The summed E-state index contributed by atoms with van der Waals surface area (Å²) in [5.41, 5.74) is -0.943. The van der Waals surface area contributed by atoms with E-state index in [4.69, 9.17) is 12.2 Å². The summed E-state index contributed by atoms with van der Waals surface area (Å²) in [7, 11) is 0. The highest BCUT2D eigenvalue weighted by Gasteiger charge is 2.31. The third-order valence-electron chi connectivity index (χ3n) is 2.96. The lowest BCUT2D eigenvalue weighted by Crippen LogP contribution is -2.34. The van der Waals surface area contributed by atoms with Gasteiger partial charge in [-0.05, 0) is 36.5 Å². The first kappa shape index (κ1) is 20.0. The molecule has 12 heteroatoms. The van der Waals surface area contributed by atoms with Gasteiger partial charge < -0.3 is 10.1 Å². The second kappa shape index (κ2) is 7.95. The van der Waals surface area contributed by atoms with E-state index in [1.807, 2.05) is 0 Å². The lowest BCUT2D eigenvalue weighted by atomic mass is 10.2. The van der Waals surface area contributed by atoms with E-state index < -0.39 is 34.4 Å². The van der Waals surface area contributed by atoms with Crippen molar-refractivity contribution in [1.82, 2.24) is 5.32 Å². The second-order valence-electron chi connectivity index (χ2n) is 4.91. The van der Waals surface area contributed by atoms with Crippen LogP contribution in [0.4, 0.5) is 28.9 Å². The highest BCUT2D eigenvalue weighted by atomic mass is 32.1. The number of nitro groups is 1. The van der Waals surface area contributed by atoms with Crippen LogP contribution in [0, 0.1) is 15.9 Å². The fourth-order valence-electron chi connectivity index (χ4n) is 1.90. The number of ether oxygens (including phenoxy) is 1. The summed E-state index contributed by atoms with van der Waals surface area (Å²) in [6, 6.07) is 7.20. The standard InChI is InChI=1S/C15H9F4N3O4S/c16-11-6-8(4-5-12(11)22(24)25)13(23)21-14(27)20-9-2-1-3-10(7-9)26-15(17,18)19/h1-7H,(H2,20,21,23,27). The normalized spacial score (nSPS) is 10.8. The Morgan fingerprint density at radius 2 is 1.89 bits per heavy atom. The van der Waals surface area contributed by atoms with Gasteiger partial charge in [-0.1, -0.05) is 6.07 Å². The van der Waals surface area contributed by atoms with Crippen LogP contribution in [-0.4, -0.2) is 22.3 Å². The molecular weight excluding hydrogens is 394 g/mol. The Labute approximate surface area is 154 Å². The van der Waals surface area contributed by atoms with Crippen LogP contribution in [0.25, 0.3) is 0 Å². The summed E-state index contributed by atoms with van der Waals surface area (Å²) in [5.74, 6) is -2.58. The fraction of sp³-hybridized carbons (Fsp3) is 0.0667. The van der Waals surface area contributed by atoms with Crippen LogP contribution in [0.15, 0.2) is 42.5 Å². The van der Waals surface area contributed by atoms with Crippen molar-refractivity contribution in [2.24, 2.45) is 0 Å². The minimum Gasteiger partial charge on any atom is -0.406 e. The molecule has 2 aromatic rings. The Kier molecular flexibility index (Phi) is 5.90. The summed E-state index contributed by atoms with van der Waals surface area (Å²) in [6.45, 7) is 0. The molecule has 0 aliphatic heterocycles. The van der Waals surface area contributed by atoms with Gasteiger partial charge in [-0.3, -0.25) is 20.2 Å². The van der Waals surface area contributed by atoms with Crippen molar-refractivity contribution in [3.63, 3.8) is 0 Å². The lowest BCUT2D eigenvalue weighted by Gasteiger charge is -2.12. The number of nitrogens with zero attached hydrogens (tertiary/aromatic N) is 1. The number of carbonyl (C=O) groups is 1. The Morgan fingerprint density at radius 1 is 1.19 bits per heavy atom. The molecule has 0 aliphatic carbocycles. The Morgan fingerprint density at radius 3 is 2.48 bits per heavy atom. The van der Waals surface area contributed by atoms with E-state index in [0.717, 1.165) is 24.3 Å². The van der Waals surface area contributed by atoms with Crippen molar-refractivity contribution in [2.45, 2.75) is 6.36 Å². The predicted molar refractivity (Wildman–Crippen MR) is 89.9 cm³/mol. The molecule has 0 bridgehead atoms. The van der Waals surface area contributed by atoms with E-state index in [1.54, 1.807) is 0 Å². The van der Waals surface area contributed by atoms with Gasteiger partial charge in [0.05, 0.1) is 4.92 Å². The van der Waals surface area contributed by atoms with Gasteiger partial charge in [0.1, 0.15) is 5.75 Å². The van der Waals surface area contributed by atoms with Gasteiger partial charge in [0.25, 0.3) is 5.91 Å². The van der Waals surface area contributed by atoms with E-state index in [2.05, 4.69) is 15.4 Å². The van der Waals surface area contributed by atoms with Gasteiger partial charge in [-0.15, -0.1) is 13.2 Å². The molecule has 0 aliphatic rings. The van der Waals surface area contributed by atoms with Gasteiger partial charge in [0.15, 0.2) is 5.11 Å². The number of hydrogen-bond donors (Lipinski definition) is 2. The quantitative estimate of drug-likeness (QED) is 0.350. The molecule has 1 amide bonds. The number of nitrogens with one attached hydrogen (secondary N) is 2. The molecule has 7 nitrogen and oxygen atoms in total. The minimum absolute atomic E-state index is 0.0944. The average molecular weight is 403 g/mol. The van der Waals surface area contributed by atoms with E-state index in [0.29, 0.717) is 6.07 Å². The molecule has 2 N–H and O–H groups in total. The maximum atomic E-state index is 13.5. The summed E-state index contributed by atoms with van der Waals surface area (Å²) in [5, 5.41) is 14.9. The molecule has 0 fully saturated rings. The zero-order chi connectivity index (χ0) is 20.2. The van der Waals surface area contributed by atoms with Crippen LogP contribution in [-0.2, 0) is 0 Å². The monoisotopic (exact) mass is 403 g/mol. The maximum absolute atomic E-state index is 13.5. The van der Waals surface area contributed by atoms with Crippen molar-refractivity contribution in [2.75, 3.05) is 5.32 Å². The number of carbonyl (C=O) groups excluding carboxylic acids is 1. The lowest BCUT2D eigenvalue weighted by molar-refractivity contribution is -0.387. The van der Waals surface area contributed by atoms with E-state index in [1.165, 1.54) is 12.1 Å². The van der Waals surface area contributed by atoms with Crippen molar-refractivity contribution in [3.05, 3.63) is 64.0 Å². The van der Waals surface area contributed by atoms with Gasteiger partial charge in [-0.25, -0.2) is 0 Å². The fourth-order valence-corrected chi connectivity index (χ4v) is 2.12. The first-order valence-corrected chi connectivity index (χ1v) is 7.38. The molecule has 2 aromatic carbocycles. The van der Waals surface area contributed by atoms with Crippen LogP contribution in [0.2, 0.25) is 0 Å². The summed E-state index contributed by atoms with van der Waals surface area (Å²) in [6.07, 6.45) is -4.87. The summed E-state index contributed by atoms with van der Waals surface area (Å²) >= 11 is 4.86. The molecular formula is C15H9F4N3O4S. The second-order valence-corrected chi connectivity index (χ2v) is 5.32. The van der Waals surface area contributed by atoms with Gasteiger partial charge in [0.2, 0.25) is 5.82 Å². The topological polar surface area (TPSA) is 93.5 Å². The number of halogens is 4. The van der Waals surface area contributed by atoms with Crippen LogP contribution >= 0.6 is 12.2 Å². The van der Waals surface area contributed by atoms with Crippen molar-refractivity contribution in [1.29, 1.82) is 0 Å². The molecule has 0 aromatic heterocycles. The molecule has 0 atom stereocenters. The number of hydrogen-bond acceptors (Lipinski definition) is 5. The number of thiocarbonyl (C=S) groups is 1. The molecule has 0 unspecified atom stereocenters. The minimum atomic E-state index is -4.87. The van der Waals surface area contributed by atoms with Gasteiger partial charge >= 0.3 is 12.0 Å². The zero-order valence-corrected chi connectivity index (χ0v) is 13.9. The Balaban J connectivity index is 2.03. The van der Waals surface area contributed by atoms with E-state index in [-0.39, 0.29) is 16.4 Å². The molecule has 0 radical (unpaired) electrons. The first-order chi connectivity index (χ1) is 12.5. The Hall–Kier alpha value is -3.28. The molecule has 0 saturated heterocycles. The molecule has 142 valence electrons. The van der Waals surface area contributed by atoms with Crippen LogP contribution in [0.3, 0.4) is 0 Å². The largest absolute Gasteiger partial charge is 0.573 e. The van der Waals surface area contributed by atoms with Crippen LogP contribution in [0.1, 0.15) is 10.4 Å². The number of amides is 1. The predicted octanol–water partition coefficient (Wildman–Crippen LogP) is 3.76. The smallest absolute Gasteiger partial charge is 0.406 e. The number of rotatable bonds is 4. The van der Waals surface area contributed by atoms with E-state index >= 15 is 0 Å². The summed E-state index contributed by atoms with van der Waals surface area (Å²) < 4.78 is 53.9. The molecule has 0 heterocycles. The molecule has 27 heavy (non-hydrogen) atoms. The van der Waals surface area contributed by atoms with Crippen molar-refractivity contribution >= 4 is 34.6 Å². The third kappa shape index (κ3) is 5.88.